The Bertz CT molecular complexity index is 760. The highest BCUT2D eigenvalue weighted by atomic mass is 16.2. The number of hydrogen-bond acceptors (Lipinski definition) is 3. The summed E-state index contributed by atoms with van der Waals surface area (Å²) in [5, 5.41) is 0. The summed E-state index contributed by atoms with van der Waals surface area (Å²) in [6, 6.07) is 8.82. The lowest BCUT2D eigenvalue weighted by atomic mass is 9.97. The van der Waals surface area contributed by atoms with Crippen LogP contribution in [-0.4, -0.2) is 59.2 Å². The third-order valence-corrected chi connectivity index (χ3v) is 5.70. The average Bonchev–Trinajstić information content (AvgIpc) is 2.90. The Labute approximate surface area is 166 Å². The molecule has 0 spiro atoms. The van der Waals surface area contributed by atoms with E-state index in [1.54, 1.807) is 7.05 Å². The highest BCUT2D eigenvalue weighted by Gasteiger charge is 2.42. The van der Waals surface area contributed by atoms with Gasteiger partial charge in [-0.15, -0.1) is 0 Å². The van der Waals surface area contributed by atoms with Gasteiger partial charge in [-0.3, -0.25) is 14.5 Å². The SMILES string of the molecule is CN1C(=O)C(CC(=O)N(CCC2=CCCCC2)Cc2ccccc2)N(C)C1=O. The number of urea groups is 1. The first kappa shape index (κ1) is 20.1. The predicted molar refractivity (Wildman–Crippen MR) is 107 cm³/mol. The van der Waals surface area contributed by atoms with Gasteiger partial charge in [-0.25, -0.2) is 4.79 Å². The second-order valence-electron chi connectivity index (χ2n) is 7.67. The quantitative estimate of drug-likeness (QED) is 0.537. The molecule has 3 rings (SSSR count). The highest BCUT2D eigenvalue weighted by Crippen LogP contribution is 2.22. The number of allylic oxidation sites excluding steroid dienone is 1. The Morgan fingerprint density at radius 1 is 1.14 bits per heavy atom. The van der Waals surface area contributed by atoms with Crippen molar-refractivity contribution >= 4 is 17.8 Å². The van der Waals surface area contributed by atoms with E-state index in [4.69, 9.17) is 0 Å². The molecule has 150 valence electrons. The lowest BCUT2D eigenvalue weighted by Crippen LogP contribution is -2.40. The van der Waals surface area contributed by atoms with Crippen LogP contribution in [0.15, 0.2) is 42.0 Å². The molecule has 1 heterocycles. The first-order valence-electron chi connectivity index (χ1n) is 10.0. The molecule has 1 fully saturated rings. The van der Waals surface area contributed by atoms with Crippen molar-refractivity contribution in [2.24, 2.45) is 0 Å². The van der Waals surface area contributed by atoms with Crippen LogP contribution in [0.3, 0.4) is 0 Å². The Morgan fingerprint density at radius 2 is 1.89 bits per heavy atom. The van der Waals surface area contributed by atoms with Gasteiger partial charge in [0.1, 0.15) is 6.04 Å². The van der Waals surface area contributed by atoms with Crippen LogP contribution < -0.4 is 0 Å². The monoisotopic (exact) mass is 383 g/mol. The molecule has 1 unspecified atom stereocenters. The predicted octanol–water partition coefficient (Wildman–Crippen LogP) is 3.19. The minimum Gasteiger partial charge on any atom is -0.338 e. The van der Waals surface area contributed by atoms with Crippen molar-refractivity contribution in [3.63, 3.8) is 0 Å². The topological polar surface area (TPSA) is 60.9 Å². The fraction of sp³-hybridized carbons (Fsp3) is 0.500. The lowest BCUT2D eigenvalue weighted by molar-refractivity contribution is -0.136. The van der Waals surface area contributed by atoms with Crippen molar-refractivity contribution in [3.8, 4) is 0 Å². The zero-order chi connectivity index (χ0) is 20.1. The summed E-state index contributed by atoms with van der Waals surface area (Å²) in [5.41, 5.74) is 2.48. The molecule has 1 saturated heterocycles. The second kappa shape index (κ2) is 9.04. The molecule has 6 heteroatoms. The van der Waals surface area contributed by atoms with Gasteiger partial charge in [0.2, 0.25) is 5.91 Å². The number of amides is 4. The molecule has 0 saturated carbocycles. The molecular weight excluding hydrogens is 354 g/mol. The van der Waals surface area contributed by atoms with Gasteiger partial charge < -0.3 is 9.80 Å². The Morgan fingerprint density at radius 3 is 2.50 bits per heavy atom. The van der Waals surface area contributed by atoms with Gasteiger partial charge in [0.15, 0.2) is 0 Å². The summed E-state index contributed by atoms with van der Waals surface area (Å²) < 4.78 is 0. The molecule has 0 aromatic heterocycles. The molecule has 0 radical (unpaired) electrons. The Balaban J connectivity index is 1.69. The minimum absolute atomic E-state index is 0.0251. The molecule has 0 bridgehead atoms. The first-order valence-corrected chi connectivity index (χ1v) is 10.0. The molecule has 6 nitrogen and oxygen atoms in total. The van der Waals surface area contributed by atoms with Gasteiger partial charge in [0.05, 0.1) is 6.42 Å². The van der Waals surface area contributed by atoms with Crippen LogP contribution in [-0.2, 0) is 16.1 Å². The minimum atomic E-state index is -0.711. The summed E-state index contributed by atoms with van der Waals surface area (Å²) in [4.78, 5) is 41.7. The third kappa shape index (κ3) is 4.61. The van der Waals surface area contributed by atoms with Crippen LogP contribution >= 0.6 is 0 Å². The van der Waals surface area contributed by atoms with Crippen molar-refractivity contribution < 1.29 is 14.4 Å². The van der Waals surface area contributed by atoms with Gasteiger partial charge in [0.25, 0.3) is 5.91 Å². The van der Waals surface area contributed by atoms with E-state index >= 15 is 0 Å². The van der Waals surface area contributed by atoms with Crippen LogP contribution in [0.25, 0.3) is 0 Å². The molecule has 2 aliphatic rings. The maximum absolute atomic E-state index is 13.1. The molecule has 1 aliphatic carbocycles. The van der Waals surface area contributed by atoms with E-state index in [1.165, 1.54) is 30.4 Å². The van der Waals surface area contributed by atoms with E-state index in [1.807, 2.05) is 35.2 Å². The fourth-order valence-corrected chi connectivity index (χ4v) is 3.88. The highest BCUT2D eigenvalue weighted by molar-refractivity contribution is 6.05. The normalized spacial score (nSPS) is 19.8. The summed E-state index contributed by atoms with van der Waals surface area (Å²) >= 11 is 0. The van der Waals surface area contributed by atoms with Crippen LogP contribution in [0, 0.1) is 0 Å². The molecule has 1 atom stereocenters. The summed E-state index contributed by atoms with van der Waals surface area (Å²) in [5.74, 6) is -0.399. The van der Waals surface area contributed by atoms with Gasteiger partial charge in [0, 0.05) is 27.2 Å². The Hall–Kier alpha value is -2.63. The van der Waals surface area contributed by atoms with Gasteiger partial charge in [-0.1, -0.05) is 42.0 Å². The van der Waals surface area contributed by atoms with Crippen molar-refractivity contribution in [2.75, 3.05) is 20.6 Å². The number of imide groups is 1. The van der Waals surface area contributed by atoms with E-state index in [0.29, 0.717) is 13.1 Å². The fourth-order valence-electron chi connectivity index (χ4n) is 3.88. The maximum atomic E-state index is 13.1. The van der Waals surface area contributed by atoms with Gasteiger partial charge >= 0.3 is 6.03 Å². The van der Waals surface area contributed by atoms with Crippen molar-refractivity contribution in [1.82, 2.24) is 14.7 Å². The van der Waals surface area contributed by atoms with E-state index in [2.05, 4.69) is 6.08 Å². The largest absolute Gasteiger partial charge is 0.338 e. The number of carbonyl (C=O) groups is 3. The number of carbonyl (C=O) groups excluding carboxylic acids is 3. The van der Waals surface area contributed by atoms with E-state index in [-0.39, 0.29) is 24.3 Å². The molecular formula is C22H29N3O3. The zero-order valence-corrected chi connectivity index (χ0v) is 16.8. The zero-order valence-electron chi connectivity index (χ0n) is 16.8. The van der Waals surface area contributed by atoms with Crippen molar-refractivity contribution in [3.05, 3.63) is 47.5 Å². The Kier molecular flexibility index (Phi) is 6.49. The number of nitrogens with zero attached hydrogens (tertiary/aromatic N) is 3. The van der Waals surface area contributed by atoms with Crippen molar-refractivity contribution in [1.29, 1.82) is 0 Å². The van der Waals surface area contributed by atoms with E-state index < -0.39 is 6.04 Å². The van der Waals surface area contributed by atoms with Gasteiger partial charge in [-0.2, -0.15) is 0 Å². The maximum Gasteiger partial charge on any atom is 0.326 e. The molecule has 0 N–H and O–H groups in total. The molecule has 1 aliphatic heterocycles. The van der Waals surface area contributed by atoms with E-state index in [0.717, 1.165) is 29.7 Å². The summed E-state index contributed by atoms with van der Waals surface area (Å²) in [7, 11) is 3.04. The molecule has 1 aromatic rings. The van der Waals surface area contributed by atoms with Crippen LogP contribution in [0.5, 0.6) is 0 Å². The molecule has 28 heavy (non-hydrogen) atoms. The number of likely N-dealkylation sites (N-methyl/N-ethyl adjacent to an activating group) is 2. The van der Waals surface area contributed by atoms with Gasteiger partial charge in [-0.05, 0) is 37.7 Å². The van der Waals surface area contributed by atoms with E-state index in [9.17, 15) is 14.4 Å². The lowest BCUT2D eigenvalue weighted by Gasteiger charge is -2.26. The molecule has 4 amide bonds. The molecule has 1 aromatic carbocycles. The number of rotatable bonds is 7. The second-order valence-corrected chi connectivity index (χ2v) is 7.67. The number of hydrogen-bond donors (Lipinski definition) is 0. The van der Waals surface area contributed by atoms with Crippen LogP contribution in [0.4, 0.5) is 4.79 Å². The van der Waals surface area contributed by atoms with Crippen molar-refractivity contribution in [2.45, 2.75) is 51.1 Å². The summed E-state index contributed by atoms with van der Waals surface area (Å²) in [6.07, 6.45) is 7.89. The third-order valence-electron chi connectivity index (χ3n) is 5.70. The smallest absolute Gasteiger partial charge is 0.326 e. The first-order chi connectivity index (χ1) is 13.5. The van der Waals surface area contributed by atoms with Crippen LogP contribution in [0.2, 0.25) is 0 Å². The average molecular weight is 383 g/mol. The summed E-state index contributed by atoms with van der Waals surface area (Å²) in [6.45, 7) is 1.15. The standard InChI is InChI=1S/C22H29N3O3/c1-23-19(21(27)24(2)22(23)28)15-20(26)25(16-18-11-7-4-8-12-18)14-13-17-9-5-3-6-10-17/h4,7-9,11-12,19H,3,5-6,10,13-16H2,1-2H3. The van der Waals surface area contributed by atoms with Crippen LogP contribution in [0.1, 0.15) is 44.1 Å². The number of benzene rings is 1.